The minimum atomic E-state index is -4.02. The summed E-state index contributed by atoms with van der Waals surface area (Å²) in [6, 6.07) is 12.9. The van der Waals surface area contributed by atoms with Crippen LogP contribution in [0.5, 0.6) is 0 Å². The summed E-state index contributed by atoms with van der Waals surface area (Å²) in [5.74, 6) is -0.556. The van der Waals surface area contributed by atoms with E-state index in [1.54, 1.807) is 36.4 Å². The fourth-order valence-corrected chi connectivity index (χ4v) is 4.26. The molecule has 0 aromatic heterocycles. The summed E-state index contributed by atoms with van der Waals surface area (Å²) in [5.41, 5.74) is -0.115. The SMILES string of the molecule is O=C(NS(=O)(=O)c1ccccc1Cl)C1(c2cccc(Cl)c2)CC1. The molecule has 3 rings (SSSR count). The maximum absolute atomic E-state index is 12.6. The number of nitrogens with one attached hydrogen (secondary N) is 1. The molecule has 2 aromatic carbocycles. The Hall–Kier alpha value is -1.56. The first-order chi connectivity index (χ1) is 10.8. The van der Waals surface area contributed by atoms with E-state index in [4.69, 9.17) is 23.2 Å². The average molecular weight is 370 g/mol. The van der Waals surface area contributed by atoms with Gasteiger partial charge in [-0.3, -0.25) is 4.79 Å². The van der Waals surface area contributed by atoms with Gasteiger partial charge in [0.15, 0.2) is 0 Å². The lowest BCUT2D eigenvalue weighted by Gasteiger charge is -2.16. The summed E-state index contributed by atoms with van der Waals surface area (Å²) in [6.07, 6.45) is 1.16. The molecule has 0 aliphatic heterocycles. The van der Waals surface area contributed by atoms with Gasteiger partial charge < -0.3 is 0 Å². The van der Waals surface area contributed by atoms with Crippen LogP contribution in [-0.2, 0) is 20.2 Å². The second-order valence-electron chi connectivity index (χ2n) is 5.46. The van der Waals surface area contributed by atoms with Crippen LogP contribution >= 0.6 is 23.2 Å². The standard InChI is InChI=1S/C16H13Cl2NO3S/c17-12-5-3-4-11(10-12)16(8-9-16)15(20)19-23(21,22)14-7-2-1-6-13(14)18/h1-7,10H,8-9H2,(H,19,20). The zero-order valence-electron chi connectivity index (χ0n) is 11.9. The summed E-state index contributed by atoms with van der Waals surface area (Å²) in [5, 5.41) is 0.580. The Morgan fingerprint density at radius 1 is 1.04 bits per heavy atom. The number of sulfonamides is 1. The Balaban J connectivity index is 1.89. The molecule has 1 saturated carbocycles. The average Bonchev–Trinajstić information content (AvgIpc) is 3.29. The van der Waals surface area contributed by atoms with Crippen molar-refractivity contribution in [3.05, 3.63) is 64.1 Å². The van der Waals surface area contributed by atoms with Gasteiger partial charge in [0.1, 0.15) is 4.90 Å². The first kappa shape index (κ1) is 16.3. The van der Waals surface area contributed by atoms with Gasteiger partial charge in [0.2, 0.25) is 5.91 Å². The van der Waals surface area contributed by atoms with E-state index in [0.29, 0.717) is 17.9 Å². The normalized spacial score (nSPS) is 15.9. The molecule has 0 radical (unpaired) electrons. The van der Waals surface area contributed by atoms with Crippen molar-refractivity contribution in [2.75, 3.05) is 0 Å². The van der Waals surface area contributed by atoms with Crippen molar-refractivity contribution in [3.63, 3.8) is 0 Å². The molecule has 0 unspecified atom stereocenters. The van der Waals surface area contributed by atoms with E-state index in [0.717, 1.165) is 5.56 Å². The largest absolute Gasteiger partial charge is 0.273 e. The number of benzene rings is 2. The van der Waals surface area contributed by atoms with Crippen LogP contribution in [0.2, 0.25) is 10.0 Å². The number of hydrogen-bond donors (Lipinski definition) is 1. The molecule has 1 aliphatic carbocycles. The highest BCUT2D eigenvalue weighted by molar-refractivity contribution is 7.90. The lowest BCUT2D eigenvalue weighted by molar-refractivity contribution is -0.121. The third kappa shape index (κ3) is 3.09. The number of carbonyl (C=O) groups excluding carboxylic acids is 1. The minimum absolute atomic E-state index is 0.0698. The molecule has 0 spiro atoms. The van der Waals surface area contributed by atoms with E-state index in [9.17, 15) is 13.2 Å². The van der Waals surface area contributed by atoms with Gasteiger partial charge in [-0.2, -0.15) is 0 Å². The summed E-state index contributed by atoms with van der Waals surface area (Å²) in [4.78, 5) is 12.4. The van der Waals surface area contributed by atoms with Crippen LogP contribution in [0.25, 0.3) is 0 Å². The Labute approximate surface area is 144 Å². The molecule has 2 aromatic rings. The van der Waals surface area contributed by atoms with Gasteiger partial charge in [0.25, 0.3) is 10.0 Å². The molecule has 120 valence electrons. The van der Waals surface area contributed by atoms with E-state index in [1.807, 2.05) is 0 Å². The summed E-state index contributed by atoms with van der Waals surface area (Å²) < 4.78 is 26.9. The highest BCUT2D eigenvalue weighted by Gasteiger charge is 2.52. The number of amides is 1. The molecule has 0 heterocycles. The first-order valence-electron chi connectivity index (χ1n) is 6.93. The van der Waals surface area contributed by atoms with Gasteiger partial charge in [-0.15, -0.1) is 0 Å². The summed E-state index contributed by atoms with van der Waals surface area (Å²) in [7, 11) is -4.02. The second kappa shape index (κ2) is 5.82. The Kier molecular flexibility index (Phi) is 4.12. The maximum Gasteiger partial charge on any atom is 0.265 e. The number of hydrogen-bond acceptors (Lipinski definition) is 3. The molecule has 23 heavy (non-hydrogen) atoms. The van der Waals surface area contributed by atoms with Crippen LogP contribution in [0.1, 0.15) is 18.4 Å². The smallest absolute Gasteiger partial charge is 0.265 e. The molecule has 1 N–H and O–H groups in total. The number of halogens is 2. The van der Waals surface area contributed by atoms with Crippen LogP contribution in [0.4, 0.5) is 0 Å². The zero-order valence-corrected chi connectivity index (χ0v) is 14.3. The van der Waals surface area contributed by atoms with E-state index < -0.39 is 21.3 Å². The first-order valence-corrected chi connectivity index (χ1v) is 9.17. The Morgan fingerprint density at radius 3 is 2.35 bits per heavy atom. The Morgan fingerprint density at radius 2 is 1.74 bits per heavy atom. The van der Waals surface area contributed by atoms with Crippen LogP contribution in [-0.4, -0.2) is 14.3 Å². The number of rotatable bonds is 4. The van der Waals surface area contributed by atoms with Crippen LogP contribution in [0, 0.1) is 0 Å². The lowest BCUT2D eigenvalue weighted by Crippen LogP contribution is -2.38. The topological polar surface area (TPSA) is 63.2 Å². The highest BCUT2D eigenvalue weighted by atomic mass is 35.5. The van der Waals surface area contributed by atoms with E-state index in [-0.39, 0.29) is 9.92 Å². The van der Waals surface area contributed by atoms with Crippen LogP contribution < -0.4 is 4.72 Å². The van der Waals surface area contributed by atoms with Gasteiger partial charge in [-0.25, -0.2) is 13.1 Å². The molecule has 4 nitrogen and oxygen atoms in total. The predicted molar refractivity (Wildman–Crippen MR) is 89.1 cm³/mol. The van der Waals surface area contributed by atoms with Gasteiger partial charge >= 0.3 is 0 Å². The third-order valence-electron chi connectivity index (χ3n) is 3.92. The number of carbonyl (C=O) groups is 1. The predicted octanol–water partition coefficient (Wildman–Crippen LogP) is 3.53. The monoisotopic (exact) mass is 369 g/mol. The molecule has 7 heteroatoms. The van der Waals surface area contributed by atoms with Gasteiger partial charge in [0, 0.05) is 5.02 Å². The fraction of sp³-hybridized carbons (Fsp3) is 0.188. The second-order valence-corrected chi connectivity index (χ2v) is 7.95. The fourth-order valence-electron chi connectivity index (χ4n) is 2.50. The molecule has 1 fully saturated rings. The quantitative estimate of drug-likeness (QED) is 0.896. The molecule has 0 bridgehead atoms. The Bertz CT molecular complexity index is 876. The molecule has 0 saturated heterocycles. The van der Waals surface area contributed by atoms with Crippen molar-refractivity contribution in [3.8, 4) is 0 Å². The van der Waals surface area contributed by atoms with Gasteiger partial charge in [-0.1, -0.05) is 47.5 Å². The summed E-state index contributed by atoms with van der Waals surface area (Å²) in [6.45, 7) is 0. The van der Waals surface area contributed by atoms with Crippen molar-refractivity contribution >= 4 is 39.1 Å². The van der Waals surface area contributed by atoms with Crippen molar-refractivity contribution in [1.82, 2.24) is 4.72 Å². The van der Waals surface area contributed by atoms with E-state index in [2.05, 4.69) is 4.72 Å². The van der Waals surface area contributed by atoms with Crippen molar-refractivity contribution in [2.24, 2.45) is 0 Å². The van der Waals surface area contributed by atoms with E-state index in [1.165, 1.54) is 12.1 Å². The molecular formula is C16H13Cl2NO3S. The van der Waals surface area contributed by atoms with Crippen LogP contribution in [0.3, 0.4) is 0 Å². The summed E-state index contributed by atoms with van der Waals surface area (Å²) >= 11 is 11.9. The van der Waals surface area contributed by atoms with Crippen LogP contribution in [0.15, 0.2) is 53.4 Å². The molecular weight excluding hydrogens is 357 g/mol. The highest BCUT2D eigenvalue weighted by Crippen LogP contribution is 2.49. The van der Waals surface area contributed by atoms with Crippen molar-refractivity contribution in [2.45, 2.75) is 23.2 Å². The molecule has 0 atom stereocenters. The van der Waals surface area contributed by atoms with E-state index >= 15 is 0 Å². The van der Waals surface area contributed by atoms with Gasteiger partial charge in [-0.05, 0) is 42.7 Å². The molecule has 1 amide bonds. The zero-order chi connectivity index (χ0) is 16.7. The van der Waals surface area contributed by atoms with Crippen molar-refractivity contribution < 1.29 is 13.2 Å². The van der Waals surface area contributed by atoms with Gasteiger partial charge in [0.05, 0.1) is 10.4 Å². The minimum Gasteiger partial charge on any atom is -0.273 e. The third-order valence-corrected chi connectivity index (χ3v) is 5.98. The lowest BCUT2D eigenvalue weighted by atomic mass is 9.95. The van der Waals surface area contributed by atoms with Crippen molar-refractivity contribution in [1.29, 1.82) is 0 Å². The maximum atomic E-state index is 12.6. The molecule has 1 aliphatic rings.